The molecule has 0 spiro atoms. The molecule has 1 fully saturated rings. The van der Waals surface area contributed by atoms with E-state index in [1.807, 2.05) is 24.3 Å². The van der Waals surface area contributed by atoms with Gasteiger partial charge in [-0.2, -0.15) is 4.31 Å². The Morgan fingerprint density at radius 1 is 1.10 bits per heavy atom. The van der Waals surface area contributed by atoms with Crippen LogP contribution in [0.4, 0.5) is 0 Å². The molecule has 1 aromatic heterocycles. The van der Waals surface area contributed by atoms with E-state index >= 15 is 0 Å². The second-order valence-electron chi connectivity index (χ2n) is 6.83. The maximum atomic E-state index is 12.5. The number of nitrogens with one attached hydrogen (secondary N) is 1. The van der Waals surface area contributed by atoms with E-state index in [1.54, 1.807) is 30.3 Å². The average Bonchev–Trinajstić information content (AvgIpc) is 3.41. The van der Waals surface area contributed by atoms with E-state index in [9.17, 15) is 13.2 Å². The van der Waals surface area contributed by atoms with E-state index in [0.717, 1.165) is 33.6 Å². The Kier molecular flexibility index (Phi) is 5.75. The van der Waals surface area contributed by atoms with Crippen molar-refractivity contribution in [2.45, 2.75) is 24.3 Å². The molecule has 0 radical (unpaired) electrons. The number of nitrogens with zero attached hydrogens (tertiary/aromatic N) is 2. The summed E-state index contributed by atoms with van der Waals surface area (Å²) in [5.41, 5.74) is 1.76. The van der Waals surface area contributed by atoms with Gasteiger partial charge in [-0.05, 0) is 48.7 Å². The van der Waals surface area contributed by atoms with Gasteiger partial charge >= 0.3 is 0 Å². The number of hydrogen-bond donors (Lipinski definition) is 1. The van der Waals surface area contributed by atoms with Gasteiger partial charge in [0.25, 0.3) is 0 Å². The molecule has 1 aliphatic rings. The van der Waals surface area contributed by atoms with Gasteiger partial charge in [0.2, 0.25) is 15.9 Å². The van der Waals surface area contributed by atoms with E-state index in [-0.39, 0.29) is 5.91 Å². The molecule has 1 saturated heterocycles. The van der Waals surface area contributed by atoms with Gasteiger partial charge in [0.05, 0.1) is 15.1 Å². The van der Waals surface area contributed by atoms with Crippen LogP contribution in [0.25, 0.3) is 16.3 Å². The van der Waals surface area contributed by atoms with Crippen molar-refractivity contribution in [1.82, 2.24) is 14.6 Å². The average molecular weight is 428 g/mol. The summed E-state index contributed by atoms with van der Waals surface area (Å²) in [6.45, 7) is 1.50. The number of thiazole rings is 1. The molecule has 3 aromatic rings. The van der Waals surface area contributed by atoms with Crippen LogP contribution in [0.2, 0.25) is 0 Å². The van der Waals surface area contributed by atoms with Gasteiger partial charge in [0.15, 0.2) is 0 Å². The van der Waals surface area contributed by atoms with Crippen molar-refractivity contribution < 1.29 is 13.2 Å². The van der Waals surface area contributed by atoms with Crippen molar-refractivity contribution in [3.8, 4) is 0 Å². The van der Waals surface area contributed by atoms with Gasteiger partial charge < -0.3 is 5.32 Å². The summed E-state index contributed by atoms with van der Waals surface area (Å²) in [6, 6.07) is 14.5. The minimum Gasteiger partial charge on any atom is -0.348 e. The lowest BCUT2D eigenvalue weighted by Gasteiger charge is -2.15. The van der Waals surface area contributed by atoms with E-state index in [4.69, 9.17) is 0 Å². The lowest BCUT2D eigenvalue weighted by Crippen LogP contribution is -2.27. The molecule has 1 N–H and O–H groups in total. The van der Waals surface area contributed by atoms with Crippen LogP contribution in [0, 0.1) is 0 Å². The SMILES string of the molecule is O=C(C=Cc1nc2ccccc2s1)NCc1ccc(S(=O)(=O)N2CCCC2)cc1. The third kappa shape index (κ3) is 4.55. The molecule has 6 nitrogen and oxygen atoms in total. The van der Waals surface area contributed by atoms with Crippen molar-refractivity contribution in [3.05, 3.63) is 65.2 Å². The van der Waals surface area contributed by atoms with Crippen LogP contribution >= 0.6 is 11.3 Å². The van der Waals surface area contributed by atoms with Crippen LogP contribution in [-0.4, -0.2) is 36.7 Å². The highest BCUT2D eigenvalue weighted by Crippen LogP contribution is 2.23. The van der Waals surface area contributed by atoms with Crippen LogP contribution in [0.1, 0.15) is 23.4 Å². The standard InChI is InChI=1S/C21H21N3O3S2/c25-20(11-12-21-23-18-5-1-2-6-19(18)28-21)22-15-16-7-9-17(10-8-16)29(26,27)24-13-3-4-14-24/h1-2,5-12H,3-4,13-15H2,(H,22,25). The Labute approximate surface area is 173 Å². The Morgan fingerprint density at radius 2 is 1.83 bits per heavy atom. The molecule has 1 amide bonds. The fraction of sp³-hybridized carbons (Fsp3) is 0.238. The molecule has 0 saturated carbocycles. The molecule has 0 unspecified atom stereocenters. The summed E-state index contributed by atoms with van der Waals surface area (Å²) >= 11 is 1.53. The fourth-order valence-corrected chi connectivity index (χ4v) is 5.60. The summed E-state index contributed by atoms with van der Waals surface area (Å²) in [5, 5.41) is 3.58. The molecule has 2 heterocycles. The van der Waals surface area contributed by atoms with Gasteiger partial charge in [-0.1, -0.05) is 24.3 Å². The molecular weight excluding hydrogens is 406 g/mol. The predicted molar refractivity (Wildman–Crippen MR) is 115 cm³/mol. The van der Waals surface area contributed by atoms with Crippen molar-refractivity contribution in [2.75, 3.05) is 13.1 Å². The highest BCUT2D eigenvalue weighted by atomic mass is 32.2. The molecule has 0 bridgehead atoms. The number of para-hydroxylation sites is 1. The molecule has 1 aliphatic heterocycles. The number of amides is 1. The minimum atomic E-state index is -3.41. The molecule has 150 valence electrons. The van der Waals surface area contributed by atoms with Crippen molar-refractivity contribution >= 4 is 43.6 Å². The number of aromatic nitrogens is 1. The summed E-state index contributed by atoms with van der Waals surface area (Å²) in [6.07, 6.45) is 4.98. The lowest BCUT2D eigenvalue weighted by atomic mass is 10.2. The zero-order chi connectivity index (χ0) is 20.3. The summed E-state index contributed by atoms with van der Waals surface area (Å²) in [7, 11) is -3.41. The maximum absolute atomic E-state index is 12.5. The minimum absolute atomic E-state index is 0.224. The van der Waals surface area contributed by atoms with Crippen LogP contribution < -0.4 is 5.32 Å². The Morgan fingerprint density at radius 3 is 2.55 bits per heavy atom. The summed E-state index contributed by atoms with van der Waals surface area (Å²) < 4.78 is 27.7. The summed E-state index contributed by atoms with van der Waals surface area (Å²) in [4.78, 5) is 16.8. The number of benzene rings is 2. The molecule has 0 aliphatic carbocycles. The van der Waals surface area contributed by atoms with E-state index < -0.39 is 10.0 Å². The van der Waals surface area contributed by atoms with Crippen LogP contribution in [0.5, 0.6) is 0 Å². The number of hydrogen-bond acceptors (Lipinski definition) is 5. The predicted octanol–water partition coefficient (Wildman–Crippen LogP) is 3.41. The first-order valence-corrected chi connectivity index (χ1v) is 11.7. The zero-order valence-corrected chi connectivity index (χ0v) is 17.4. The Bertz CT molecular complexity index is 1110. The first-order valence-electron chi connectivity index (χ1n) is 9.43. The molecule has 8 heteroatoms. The largest absolute Gasteiger partial charge is 0.348 e. The second kappa shape index (κ2) is 8.44. The molecule has 29 heavy (non-hydrogen) atoms. The van der Waals surface area contributed by atoms with E-state index in [0.29, 0.717) is 24.5 Å². The first-order chi connectivity index (χ1) is 14.0. The van der Waals surface area contributed by atoms with Gasteiger partial charge in [0.1, 0.15) is 5.01 Å². The topological polar surface area (TPSA) is 79.4 Å². The highest BCUT2D eigenvalue weighted by molar-refractivity contribution is 7.89. The van der Waals surface area contributed by atoms with Gasteiger partial charge in [-0.3, -0.25) is 4.79 Å². The maximum Gasteiger partial charge on any atom is 0.244 e. The second-order valence-corrected chi connectivity index (χ2v) is 9.83. The number of carbonyl (C=O) groups is 1. The van der Waals surface area contributed by atoms with E-state index in [2.05, 4.69) is 10.3 Å². The third-order valence-corrected chi connectivity index (χ3v) is 7.70. The Balaban J connectivity index is 1.34. The number of sulfonamides is 1. The first kappa shape index (κ1) is 19.8. The fourth-order valence-electron chi connectivity index (χ4n) is 3.21. The van der Waals surface area contributed by atoms with Gasteiger partial charge in [-0.25, -0.2) is 13.4 Å². The quantitative estimate of drug-likeness (QED) is 0.612. The van der Waals surface area contributed by atoms with Crippen molar-refractivity contribution in [3.63, 3.8) is 0 Å². The van der Waals surface area contributed by atoms with Crippen molar-refractivity contribution in [2.24, 2.45) is 0 Å². The Hall–Kier alpha value is -2.55. The normalized spacial score (nSPS) is 15.3. The van der Waals surface area contributed by atoms with Crippen LogP contribution in [0.3, 0.4) is 0 Å². The number of fused-ring (bicyclic) bond motifs is 1. The van der Waals surface area contributed by atoms with E-state index in [1.165, 1.54) is 21.7 Å². The molecule has 4 rings (SSSR count). The van der Waals surface area contributed by atoms with Crippen LogP contribution in [-0.2, 0) is 21.4 Å². The smallest absolute Gasteiger partial charge is 0.244 e. The highest BCUT2D eigenvalue weighted by Gasteiger charge is 2.26. The molecule has 0 atom stereocenters. The van der Waals surface area contributed by atoms with Crippen LogP contribution in [0.15, 0.2) is 59.5 Å². The van der Waals surface area contributed by atoms with Crippen molar-refractivity contribution in [1.29, 1.82) is 0 Å². The monoisotopic (exact) mass is 427 g/mol. The van der Waals surface area contributed by atoms with Gasteiger partial charge in [0, 0.05) is 25.7 Å². The van der Waals surface area contributed by atoms with Gasteiger partial charge in [-0.15, -0.1) is 11.3 Å². The third-order valence-electron chi connectivity index (χ3n) is 4.78. The summed E-state index contributed by atoms with van der Waals surface area (Å²) in [5.74, 6) is -0.224. The molecular formula is C21H21N3O3S2. The number of carbonyl (C=O) groups excluding carboxylic acids is 1. The zero-order valence-electron chi connectivity index (χ0n) is 15.7. The lowest BCUT2D eigenvalue weighted by molar-refractivity contribution is -0.116. The molecule has 2 aromatic carbocycles. The number of rotatable bonds is 6.